The summed E-state index contributed by atoms with van der Waals surface area (Å²) in [5.41, 5.74) is 7.89. The summed E-state index contributed by atoms with van der Waals surface area (Å²) in [5, 5.41) is 7.18. The van der Waals surface area contributed by atoms with E-state index < -0.39 is 0 Å². The van der Waals surface area contributed by atoms with Crippen LogP contribution in [0.4, 0.5) is 0 Å². The van der Waals surface area contributed by atoms with Crippen molar-refractivity contribution < 1.29 is 4.79 Å². The molecule has 0 aliphatic heterocycles. The number of carbonyl (C=O) groups excluding carboxylic acids is 1. The minimum Gasteiger partial charge on any atom is -0.349 e. The zero-order valence-electron chi connectivity index (χ0n) is 12.6. The SMILES string of the molecule is CC(NC(=O)C1CCC(N)C1)c1ccc(-n2cncn2)cc1. The summed E-state index contributed by atoms with van der Waals surface area (Å²) >= 11 is 0. The molecule has 0 radical (unpaired) electrons. The summed E-state index contributed by atoms with van der Waals surface area (Å²) < 4.78 is 1.70. The molecular formula is C16H21N5O. The van der Waals surface area contributed by atoms with E-state index in [1.807, 2.05) is 31.2 Å². The van der Waals surface area contributed by atoms with Crippen molar-refractivity contribution in [3.8, 4) is 5.69 Å². The van der Waals surface area contributed by atoms with Gasteiger partial charge in [-0.1, -0.05) is 12.1 Å². The quantitative estimate of drug-likeness (QED) is 0.897. The third kappa shape index (κ3) is 3.17. The second-order valence-corrected chi connectivity index (χ2v) is 5.93. The van der Waals surface area contributed by atoms with Crippen LogP contribution >= 0.6 is 0 Å². The second kappa shape index (κ2) is 6.27. The molecule has 0 spiro atoms. The predicted molar refractivity (Wildman–Crippen MR) is 83.2 cm³/mol. The number of nitrogens with one attached hydrogen (secondary N) is 1. The Morgan fingerprint density at radius 1 is 1.36 bits per heavy atom. The lowest BCUT2D eigenvalue weighted by Gasteiger charge is -2.17. The van der Waals surface area contributed by atoms with Gasteiger partial charge in [0.15, 0.2) is 0 Å². The lowest BCUT2D eigenvalue weighted by atomic mass is 10.0. The van der Waals surface area contributed by atoms with Crippen molar-refractivity contribution in [2.75, 3.05) is 0 Å². The van der Waals surface area contributed by atoms with E-state index in [1.165, 1.54) is 6.33 Å². The molecular weight excluding hydrogens is 278 g/mol. The lowest BCUT2D eigenvalue weighted by Crippen LogP contribution is -2.32. The van der Waals surface area contributed by atoms with Crippen molar-refractivity contribution in [2.45, 2.75) is 38.3 Å². The Labute approximate surface area is 129 Å². The summed E-state index contributed by atoms with van der Waals surface area (Å²) in [4.78, 5) is 16.2. The highest BCUT2D eigenvalue weighted by Crippen LogP contribution is 2.25. The highest BCUT2D eigenvalue weighted by molar-refractivity contribution is 5.79. The van der Waals surface area contributed by atoms with E-state index in [-0.39, 0.29) is 23.9 Å². The fourth-order valence-corrected chi connectivity index (χ4v) is 2.93. The number of nitrogens with two attached hydrogens (primary N) is 1. The minimum absolute atomic E-state index is 0.0193. The number of rotatable bonds is 4. The van der Waals surface area contributed by atoms with Gasteiger partial charge >= 0.3 is 0 Å². The van der Waals surface area contributed by atoms with Gasteiger partial charge in [-0.25, -0.2) is 9.67 Å². The summed E-state index contributed by atoms with van der Waals surface area (Å²) in [5.74, 6) is 0.174. The average molecular weight is 299 g/mol. The molecule has 1 fully saturated rings. The Hall–Kier alpha value is -2.21. The van der Waals surface area contributed by atoms with E-state index in [1.54, 1.807) is 11.0 Å². The van der Waals surface area contributed by atoms with Gasteiger partial charge in [-0.15, -0.1) is 0 Å². The van der Waals surface area contributed by atoms with E-state index in [9.17, 15) is 4.79 Å². The number of hydrogen-bond donors (Lipinski definition) is 2. The number of benzene rings is 1. The molecule has 22 heavy (non-hydrogen) atoms. The van der Waals surface area contributed by atoms with Crippen LogP contribution in [0.5, 0.6) is 0 Å². The summed E-state index contributed by atoms with van der Waals surface area (Å²) in [6.45, 7) is 2.00. The molecule has 2 aromatic rings. The maximum atomic E-state index is 12.2. The van der Waals surface area contributed by atoms with Crippen molar-refractivity contribution in [1.82, 2.24) is 20.1 Å². The molecule has 3 rings (SSSR count). The number of hydrogen-bond acceptors (Lipinski definition) is 4. The fourth-order valence-electron chi connectivity index (χ4n) is 2.93. The van der Waals surface area contributed by atoms with Gasteiger partial charge in [0.05, 0.1) is 11.7 Å². The predicted octanol–water partition coefficient (Wildman–Crippen LogP) is 1.57. The molecule has 3 N–H and O–H groups in total. The molecule has 1 aliphatic rings. The van der Waals surface area contributed by atoms with Crippen LogP contribution in [0.2, 0.25) is 0 Å². The van der Waals surface area contributed by atoms with Crippen molar-refractivity contribution in [3.63, 3.8) is 0 Å². The zero-order valence-corrected chi connectivity index (χ0v) is 12.6. The number of amides is 1. The van der Waals surface area contributed by atoms with E-state index in [4.69, 9.17) is 5.73 Å². The van der Waals surface area contributed by atoms with Crippen LogP contribution < -0.4 is 11.1 Å². The molecule has 0 bridgehead atoms. The van der Waals surface area contributed by atoms with Gasteiger partial charge in [-0.2, -0.15) is 5.10 Å². The Morgan fingerprint density at radius 3 is 2.73 bits per heavy atom. The third-order valence-electron chi connectivity index (χ3n) is 4.28. The lowest BCUT2D eigenvalue weighted by molar-refractivity contribution is -0.125. The van der Waals surface area contributed by atoms with Crippen LogP contribution in [-0.4, -0.2) is 26.7 Å². The van der Waals surface area contributed by atoms with Gasteiger partial charge in [0.2, 0.25) is 5.91 Å². The van der Waals surface area contributed by atoms with Gasteiger partial charge in [-0.05, 0) is 43.9 Å². The van der Waals surface area contributed by atoms with Crippen LogP contribution in [-0.2, 0) is 4.79 Å². The first-order valence-corrected chi connectivity index (χ1v) is 7.64. The molecule has 6 nitrogen and oxygen atoms in total. The summed E-state index contributed by atoms with van der Waals surface area (Å²) in [6, 6.07) is 8.10. The van der Waals surface area contributed by atoms with E-state index >= 15 is 0 Å². The Balaban J connectivity index is 1.62. The van der Waals surface area contributed by atoms with Gasteiger partial charge in [0.25, 0.3) is 0 Å². The molecule has 0 saturated heterocycles. The number of aromatic nitrogens is 3. The smallest absolute Gasteiger partial charge is 0.223 e. The first-order valence-electron chi connectivity index (χ1n) is 7.64. The van der Waals surface area contributed by atoms with Crippen LogP contribution in [0, 0.1) is 5.92 Å². The number of nitrogens with zero attached hydrogens (tertiary/aromatic N) is 3. The largest absolute Gasteiger partial charge is 0.349 e. The van der Waals surface area contributed by atoms with Gasteiger partial charge in [0, 0.05) is 12.0 Å². The van der Waals surface area contributed by atoms with E-state index in [2.05, 4.69) is 15.4 Å². The molecule has 3 atom stereocenters. The van der Waals surface area contributed by atoms with Gasteiger partial charge in [0.1, 0.15) is 12.7 Å². The summed E-state index contributed by atoms with van der Waals surface area (Å²) in [7, 11) is 0. The molecule has 1 aromatic heterocycles. The van der Waals surface area contributed by atoms with Crippen molar-refractivity contribution in [1.29, 1.82) is 0 Å². The Bertz CT molecular complexity index is 622. The first kappa shape index (κ1) is 14.7. The minimum atomic E-state index is -0.0193. The Kier molecular flexibility index (Phi) is 4.20. The highest BCUT2D eigenvalue weighted by atomic mass is 16.1. The van der Waals surface area contributed by atoms with E-state index in [0.29, 0.717) is 0 Å². The average Bonchev–Trinajstić information content (AvgIpc) is 3.18. The number of carbonyl (C=O) groups is 1. The zero-order chi connectivity index (χ0) is 15.5. The normalized spacial score (nSPS) is 22.5. The van der Waals surface area contributed by atoms with Crippen LogP contribution in [0.3, 0.4) is 0 Å². The van der Waals surface area contributed by atoms with Crippen LogP contribution in [0.1, 0.15) is 37.8 Å². The van der Waals surface area contributed by atoms with Crippen LogP contribution in [0.15, 0.2) is 36.9 Å². The summed E-state index contributed by atoms with van der Waals surface area (Å²) in [6.07, 6.45) is 5.79. The van der Waals surface area contributed by atoms with Crippen molar-refractivity contribution in [3.05, 3.63) is 42.5 Å². The molecule has 1 aliphatic carbocycles. The molecule has 1 heterocycles. The molecule has 1 saturated carbocycles. The molecule has 3 unspecified atom stereocenters. The monoisotopic (exact) mass is 299 g/mol. The third-order valence-corrected chi connectivity index (χ3v) is 4.28. The van der Waals surface area contributed by atoms with Crippen LogP contribution in [0.25, 0.3) is 5.69 Å². The second-order valence-electron chi connectivity index (χ2n) is 5.93. The van der Waals surface area contributed by atoms with Gasteiger partial charge < -0.3 is 11.1 Å². The van der Waals surface area contributed by atoms with Crippen molar-refractivity contribution in [2.24, 2.45) is 11.7 Å². The topological polar surface area (TPSA) is 85.8 Å². The fraction of sp³-hybridized carbons (Fsp3) is 0.438. The molecule has 1 aromatic carbocycles. The first-order chi connectivity index (χ1) is 10.6. The molecule has 116 valence electrons. The van der Waals surface area contributed by atoms with Crippen molar-refractivity contribution >= 4 is 5.91 Å². The van der Waals surface area contributed by atoms with E-state index in [0.717, 1.165) is 30.5 Å². The standard InChI is InChI=1S/C16H21N5O/c1-11(20-16(22)13-2-5-14(17)8-13)12-3-6-15(7-4-12)21-10-18-9-19-21/h3-4,6-7,9-11,13-14H,2,5,8,17H2,1H3,(H,20,22). The maximum Gasteiger partial charge on any atom is 0.223 e. The highest BCUT2D eigenvalue weighted by Gasteiger charge is 2.28. The Morgan fingerprint density at radius 2 is 2.14 bits per heavy atom. The maximum absolute atomic E-state index is 12.2. The van der Waals surface area contributed by atoms with Gasteiger partial charge in [-0.3, -0.25) is 4.79 Å². The molecule has 1 amide bonds. The molecule has 6 heteroatoms.